The monoisotopic (exact) mass is 422 g/mol. The Morgan fingerprint density at radius 3 is 2.70 bits per heavy atom. The first-order valence-electron chi connectivity index (χ1n) is 10.5. The smallest absolute Gasteiger partial charge is 0.273 e. The molecule has 2 saturated heterocycles. The van der Waals surface area contributed by atoms with Gasteiger partial charge in [-0.25, -0.2) is 4.98 Å². The van der Waals surface area contributed by atoms with Crippen LogP contribution in [0.5, 0.6) is 0 Å². The van der Waals surface area contributed by atoms with Gasteiger partial charge in [0.25, 0.3) is 5.91 Å². The van der Waals surface area contributed by atoms with Gasteiger partial charge in [0.2, 0.25) is 0 Å². The van der Waals surface area contributed by atoms with Crippen molar-refractivity contribution in [2.24, 2.45) is 11.3 Å². The van der Waals surface area contributed by atoms with Crippen LogP contribution in [0.4, 0.5) is 0 Å². The first kappa shape index (κ1) is 19.4. The molecule has 2 aliphatic rings. The van der Waals surface area contributed by atoms with Gasteiger partial charge in [0.05, 0.1) is 5.51 Å². The van der Waals surface area contributed by atoms with Crippen molar-refractivity contribution in [2.45, 2.75) is 19.4 Å². The number of fused-ring (bicyclic) bond motifs is 1. The molecule has 2 aliphatic heterocycles. The summed E-state index contributed by atoms with van der Waals surface area (Å²) in [4.78, 5) is 21.8. The van der Waals surface area contributed by atoms with E-state index < -0.39 is 0 Å². The molecule has 4 heterocycles. The van der Waals surface area contributed by atoms with Crippen molar-refractivity contribution < 1.29 is 4.79 Å². The second kappa shape index (κ2) is 8.28. The summed E-state index contributed by atoms with van der Waals surface area (Å²) in [6.07, 6.45) is 5.70. The number of likely N-dealkylation sites (tertiary alicyclic amines) is 2. The lowest BCUT2D eigenvalue weighted by atomic mass is 9.76. The minimum absolute atomic E-state index is 0.0841. The highest BCUT2D eigenvalue weighted by molar-refractivity contribution is 7.07. The number of hydrogen-bond donors (Lipinski definition) is 0. The van der Waals surface area contributed by atoms with E-state index in [0.717, 1.165) is 52.1 Å². The van der Waals surface area contributed by atoms with Gasteiger partial charge in [-0.15, -0.1) is 21.5 Å². The number of hydrogen-bond acceptors (Lipinski definition) is 6. The Bertz CT molecular complexity index is 961. The molecule has 30 heavy (non-hydrogen) atoms. The highest BCUT2D eigenvalue weighted by Gasteiger charge is 2.52. The molecular formula is C22H26N6OS. The minimum atomic E-state index is 0.0841. The fourth-order valence-electron chi connectivity index (χ4n) is 5.09. The average Bonchev–Trinajstić information content (AvgIpc) is 3.55. The van der Waals surface area contributed by atoms with Crippen LogP contribution >= 0.6 is 11.3 Å². The van der Waals surface area contributed by atoms with Crippen LogP contribution in [0.3, 0.4) is 0 Å². The lowest BCUT2D eigenvalue weighted by molar-refractivity contribution is 0.0751. The number of aromatic nitrogens is 4. The molecule has 2 fully saturated rings. The van der Waals surface area contributed by atoms with Gasteiger partial charge >= 0.3 is 0 Å². The summed E-state index contributed by atoms with van der Waals surface area (Å²) in [6.45, 7) is 5.61. The Hall–Kier alpha value is -2.58. The molecule has 2 aromatic heterocycles. The lowest BCUT2D eigenvalue weighted by Gasteiger charge is -2.29. The summed E-state index contributed by atoms with van der Waals surface area (Å²) in [5.41, 5.74) is 3.84. The molecule has 5 rings (SSSR count). The van der Waals surface area contributed by atoms with Gasteiger partial charge in [-0.05, 0) is 24.3 Å². The molecule has 0 unspecified atom stereocenters. The van der Waals surface area contributed by atoms with E-state index >= 15 is 0 Å². The van der Waals surface area contributed by atoms with Crippen LogP contribution in [-0.4, -0.2) is 68.2 Å². The Labute approximate surface area is 180 Å². The standard InChI is InChI=1S/C22H26N6OS/c29-21(20-12-30-17-23-20)28-11-19-10-26(8-9-27-15-24-25-16-27)13-22(19,14-28)7-6-18-4-2-1-3-5-18/h1-5,12,15-17,19H,6-11,13-14H2/t19-,22+/m0/s1. The molecular weight excluding hydrogens is 396 g/mol. The largest absolute Gasteiger partial charge is 0.336 e. The van der Waals surface area contributed by atoms with Crippen molar-refractivity contribution in [3.05, 3.63) is 65.1 Å². The second-order valence-electron chi connectivity index (χ2n) is 8.54. The maximum atomic E-state index is 13.0. The number of carbonyl (C=O) groups is 1. The van der Waals surface area contributed by atoms with E-state index in [1.54, 1.807) is 18.2 Å². The second-order valence-corrected chi connectivity index (χ2v) is 9.26. The quantitative estimate of drug-likeness (QED) is 0.585. The van der Waals surface area contributed by atoms with E-state index in [4.69, 9.17) is 0 Å². The van der Waals surface area contributed by atoms with E-state index in [1.165, 1.54) is 16.9 Å². The van der Waals surface area contributed by atoms with Gasteiger partial charge in [0.15, 0.2) is 0 Å². The molecule has 8 heteroatoms. The van der Waals surface area contributed by atoms with E-state index in [1.807, 2.05) is 14.8 Å². The van der Waals surface area contributed by atoms with Crippen LogP contribution in [0.25, 0.3) is 0 Å². The molecule has 3 aromatic rings. The number of thiazole rings is 1. The number of benzene rings is 1. The number of rotatable bonds is 7. The third kappa shape index (κ3) is 3.89. The van der Waals surface area contributed by atoms with Crippen molar-refractivity contribution >= 4 is 17.2 Å². The normalized spacial score (nSPS) is 23.7. The van der Waals surface area contributed by atoms with Crippen molar-refractivity contribution in [3.8, 4) is 0 Å². The molecule has 7 nitrogen and oxygen atoms in total. The predicted octanol–water partition coefficient (Wildman–Crippen LogP) is 2.44. The van der Waals surface area contributed by atoms with Crippen molar-refractivity contribution in [3.63, 3.8) is 0 Å². The van der Waals surface area contributed by atoms with Crippen LogP contribution in [0.15, 0.2) is 53.9 Å². The Morgan fingerprint density at radius 1 is 1.10 bits per heavy atom. The maximum Gasteiger partial charge on any atom is 0.273 e. The summed E-state index contributed by atoms with van der Waals surface area (Å²) in [6, 6.07) is 10.7. The summed E-state index contributed by atoms with van der Waals surface area (Å²) in [5.74, 6) is 0.588. The molecule has 156 valence electrons. The topological polar surface area (TPSA) is 67.2 Å². The van der Waals surface area contributed by atoms with Crippen LogP contribution in [0.1, 0.15) is 22.5 Å². The predicted molar refractivity (Wildman–Crippen MR) is 115 cm³/mol. The molecule has 0 radical (unpaired) electrons. The first-order valence-corrected chi connectivity index (χ1v) is 11.4. The number of carbonyl (C=O) groups excluding carboxylic acids is 1. The molecule has 0 bridgehead atoms. The average molecular weight is 423 g/mol. The van der Waals surface area contributed by atoms with Gasteiger partial charge in [0.1, 0.15) is 18.3 Å². The summed E-state index contributed by atoms with van der Waals surface area (Å²) in [7, 11) is 0. The molecule has 1 amide bonds. The summed E-state index contributed by atoms with van der Waals surface area (Å²) in [5, 5.41) is 9.66. The highest BCUT2D eigenvalue weighted by Crippen LogP contribution is 2.46. The van der Waals surface area contributed by atoms with Crippen molar-refractivity contribution in [2.75, 3.05) is 32.7 Å². The van der Waals surface area contributed by atoms with Gasteiger partial charge in [-0.1, -0.05) is 30.3 Å². The molecule has 0 saturated carbocycles. The van der Waals surface area contributed by atoms with Crippen LogP contribution < -0.4 is 0 Å². The van der Waals surface area contributed by atoms with Gasteiger partial charge in [-0.2, -0.15) is 0 Å². The van der Waals surface area contributed by atoms with E-state index in [9.17, 15) is 4.79 Å². The van der Waals surface area contributed by atoms with Crippen LogP contribution in [0.2, 0.25) is 0 Å². The van der Waals surface area contributed by atoms with Gasteiger partial charge in [-0.3, -0.25) is 4.79 Å². The zero-order valence-electron chi connectivity index (χ0n) is 16.9. The van der Waals surface area contributed by atoms with Crippen LogP contribution in [-0.2, 0) is 13.0 Å². The fourth-order valence-corrected chi connectivity index (χ4v) is 5.61. The molecule has 0 aliphatic carbocycles. The van der Waals surface area contributed by atoms with E-state index in [0.29, 0.717) is 11.6 Å². The molecule has 0 N–H and O–H groups in total. The van der Waals surface area contributed by atoms with Crippen molar-refractivity contribution in [1.82, 2.24) is 29.5 Å². The molecule has 2 atom stereocenters. The third-order valence-electron chi connectivity index (χ3n) is 6.66. The number of aryl methyl sites for hydroxylation is 1. The zero-order valence-corrected chi connectivity index (χ0v) is 17.7. The Kier molecular flexibility index (Phi) is 5.35. The summed E-state index contributed by atoms with van der Waals surface area (Å²) < 4.78 is 2.03. The van der Waals surface area contributed by atoms with E-state index in [2.05, 4.69) is 50.4 Å². The lowest BCUT2D eigenvalue weighted by Crippen LogP contribution is -2.38. The number of nitrogens with zero attached hydrogens (tertiary/aromatic N) is 6. The van der Waals surface area contributed by atoms with Crippen molar-refractivity contribution in [1.29, 1.82) is 0 Å². The first-order chi connectivity index (χ1) is 14.7. The number of amides is 1. The van der Waals surface area contributed by atoms with Gasteiger partial charge < -0.3 is 14.4 Å². The Balaban J connectivity index is 1.30. The maximum absolute atomic E-state index is 13.0. The third-order valence-corrected chi connectivity index (χ3v) is 7.25. The Morgan fingerprint density at radius 2 is 1.93 bits per heavy atom. The highest BCUT2D eigenvalue weighted by atomic mass is 32.1. The molecule has 0 spiro atoms. The van der Waals surface area contributed by atoms with Gasteiger partial charge in [0, 0.05) is 50.1 Å². The van der Waals surface area contributed by atoms with Crippen LogP contribution in [0, 0.1) is 11.3 Å². The van der Waals surface area contributed by atoms with E-state index in [-0.39, 0.29) is 11.3 Å². The minimum Gasteiger partial charge on any atom is -0.336 e. The summed E-state index contributed by atoms with van der Waals surface area (Å²) >= 11 is 1.48. The zero-order chi connectivity index (χ0) is 20.4. The molecule has 1 aromatic carbocycles. The fraction of sp³-hybridized carbons (Fsp3) is 0.455. The SMILES string of the molecule is O=C(c1cscn1)N1C[C@@H]2CN(CCn3cnnc3)C[C@]2(CCc2ccccc2)C1.